The van der Waals surface area contributed by atoms with Gasteiger partial charge in [0.15, 0.2) is 6.61 Å². The van der Waals surface area contributed by atoms with E-state index in [1.165, 1.54) is 0 Å². The molecule has 1 atom stereocenters. The Morgan fingerprint density at radius 2 is 1.96 bits per heavy atom. The first kappa shape index (κ1) is 20.4. The molecule has 0 radical (unpaired) electrons. The Morgan fingerprint density at radius 3 is 2.62 bits per heavy atom. The van der Waals surface area contributed by atoms with Crippen molar-refractivity contribution in [1.82, 2.24) is 5.32 Å². The van der Waals surface area contributed by atoms with Crippen LogP contribution in [0.15, 0.2) is 53.0 Å². The number of aliphatic hydroxyl groups is 1. The molecule has 2 aromatic carbocycles. The van der Waals surface area contributed by atoms with Crippen molar-refractivity contribution in [3.8, 4) is 5.75 Å². The lowest BCUT2D eigenvalue weighted by Crippen LogP contribution is -2.23. The average molecular weight is 416 g/mol. The van der Waals surface area contributed by atoms with Gasteiger partial charge in [0.1, 0.15) is 5.75 Å². The highest BCUT2D eigenvalue weighted by atomic mass is 79.9. The van der Waals surface area contributed by atoms with Gasteiger partial charge in [0.25, 0.3) is 5.91 Å². The van der Waals surface area contributed by atoms with Gasteiger partial charge in [0.05, 0.1) is 6.10 Å². The van der Waals surface area contributed by atoms with Crippen molar-refractivity contribution in [3.05, 3.63) is 64.1 Å². The van der Waals surface area contributed by atoms with E-state index in [0.717, 1.165) is 15.6 Å². The van der Waals surface area contributed by atoms with Crippen LogP contribution in [-0.4, -0.2) is 24.2 Å². The predicted molar refractivity (Wildman–Crippen MR) is 99.2 cm³/mol. The summed E-state index contributed by atoms with van der Waals surface area (Å²) in [6, 6.07) is 15.0. The van der Waals surface area contributed by atoms with Gasteiger partial charge in [-0.05, 0) is 23.8 Å². The summed E-state index contributed by atoms with van der Waals surface area (Å²) in [7, 11) is 0. The molecule has 5 nitrogen and oxygen atoms in total. The van der Waals surface area contributed by atoms with Crippen molar-refractivity contribution in [3.63, 3.8) is 0 Å². The number of primary amides is 1. The second-order valence-electron chi connectivity index (χ2n) is 5.06. The number of rotatable bonds is 8. The number of halogens is 2. The van der Waals surface area contributed by atoms with E-state index in [0.29, 0.717) is 18.8 Å². The molecule has 2 aromatic rings. The van der Waals surface area contributed by atoms with Gasteiger partial charge in [0.2, 0.25) is 0 Å². The quantitative estimate of drug-likeness (QED) is 0.618. The van der Waals surface area contributed by atoms with E-state index in [2.05, 4.69) is 21.2 Å². The lowest BCUT2D eigenvalue weighted by Gasteiger charge is -2.14. The Hall–Kier alpha value is -1.60. The highest BCUT2D eigenvalue weighted by molar-refractivity contribution is 9.10. The molecule has 0 saturated carbocycles. The number of nitrogens with one attached hydrogen (secondary N) is 1. The van der Waals surface area contributed by atoms with Crippen LogP contribution in [0.4, 0.5) is 0 Å². The summed E-state index contributed by atoms with van der Waals surface area (Å²) >= 11 is 3.41. The fraction of sp³-hybridized carbons (Fsp3) is 0.235. The van der Waals surface area contributed by atoms with E-state index >= 15 is 0 Å². The van der Waals surface area contributed by atoms with Gasteiger partial charge in [-0.1, -0.05) is 46.3 Å². The molecule has 1 amide bonds. The molecule has 0 bridgehead atoms. The highest BCUT2D eigenvalue weighted by Crippen LogP contribution is 2.23. The fourth-order valence-electron chi connectivity index (χ4n) is 2.11. The summed E-state index contributed by atoms with van der Waals surface area (Å²) in [6.45, 7) is 0.741. The van der Waals surface area contributed by atoms with Crippen LogP contribution in [-0.2, 0) is 11.3 Å². The van der Waals surface area contributed by atoms with Gasteiger partial charge < -0.3 is 20.9 Å². The van der Waals surface area contributed by atoms with Gasteiger partial charge >= 0.3 is 0 Å². The SMILES string of the molecule is Cl.NC(=O)COc1ccc(Br)cc1CNCC(O)c1ccccc1. The maximum atomic E-state index is 10.9. The van der Waals surface area contributed by atoms with Gasteiger partial charge in [-0.3, -0.25) is 4.79 Å². The van der Waals surface area contributed by atoms with Crippen LogP contribution in [0.25, 0.3) is 0 Å². The van der Waals surface area contributed by atoms with Crippen LogP contribution in [0, 0.1) is 0 Å². The standard InChI is InChI=1S/C17H19BrN2O3.ClH/c18-14-6-7-16(23-11-17(19)22)13(8-14)9-20-10-15(21)12-4-2-1-3-5-12;/h1-8,15,20-21H,9-11H2,(H2,19,22);1H. The molecule has 0 aliphatic carbocycles. The molecule has 0 saturated heterocycles. The molecule has 4 N–H and O–H groups in total. The molecule has 130 valence electrons. The van der Waals surface area contributed by atoms with Gasteiger partial charge in [-0.2, -0.15) is 0 Å². The van der Waals surface area contributed by atoms with Crippen LogP contribution in [0.2, 0.25) is 0 Å². The minimum Gasteiger partial charge on any atom is -0.483 e. The van der Waals surface area contributed by atoms with Crippen molar-refractivity contribution >= 4 is 34.2 Å². The van der Waals surface area contributed by atoms with Crippen molar-refractivity contribution in [2.24, 2.45) is 5.73 Å². The molecule has 0 aliphatic rings. The second kappa shape index (κ2) is 10.3. The molecule has 7 heteroatoms. The molecule has 2 rings (SSSR count). The Labute approximate surface area is 155 Å². The number of carbonyl (C=O) groups is 1. The van der Waals surface area contributed by atoms with Crippen LogP contribution >= 0.6 is 28.3 Å². The maximum absolute atomic E-state index is 10.9. The zero-order valence-electron chi connectivity index (χ0n) is 12.9. The van der Waals surface area contributed by atoms with E-state index in [1.54, 1.807) is 6.07 Å². The topological polar surface area (TPSA) is 84.6 Å². The largest absolute Gasteiger partial charge is 0.483 e. The summed E-state index contributed by atoms with van der Waals surface area (Å²) < 4.78 is 6.30. The number of hydrogen-bond acceptors (Lipinski definition) is 4. The third-order valence-electron chi connectivity index (χ3n) is 3.23. The van der Waals surface area contributed by atoms with E-state index in [1.807, 2.05) is 42.5 Å². The van der Waals surface area contributed by atoms with Crippen molar-refractivity contribution < 1.29 is 14.6 Å². The highest BCUT2D eigenvalue weighted by Gasteiger charge is 2.09. The number of hydrogen-bond donors (Lipinski definition) is 3. The smallest absolute Gasteiger partial charge is 0.255 e. The predicted octanol–water partition coefficient (Wildman–Crippen LogP) is 2.56. The van der Waals surface area contributed by atoms with Crippen LogP contribution in [0.5, 0.6) is 5.75 Å². The molecule has 1 unspecified atom stereocenters. The third-order valence-corrected chi connectivity index (χ3v) is 3.72. The summed E-state index contributed by atoms with van der Waals surface area (Å²) in [5, 5.41) is 13.3. The number of aliphatic hydroxyl groups excluding tert-OH is 1. The van der Waals surface area contributed by atoms with E-state index in [-0.39, 0.29) is 19.0 Å². The van der Waals surface area contributed by atoms with Crippen LogP contribution in [0.3, 0.4) is 0 Å². The molecule has 0 spiro atoms. The number of amides is 1. The Balaban J connectivity index is 0.00000288. The first-order valence-corrected chi connectivity index (χ1v) is 7.99. The maximum Gasteiger partial charge on any atom is 0.255 e. The van der Waals surface area contributed by atoms with Crippen LogP contribution < -0.4 is 15.8 Å². The normalized spacial score (nSPS) is 11.4. The molecular formula is C17H20BrClN2O3. The molecular weight excluding hydrogens is 396 g/mol. The Morgan fingerprint density at radius 1 is 1.25 bits per heavy atom. The molecule has 0 aromatic heterocycles. The van der Waals surface area contributed by atoms with Gasteiger partial charge in [0, 0.05) is 23.1 Å². The minimum absolute atomic E-state index is 0. The first-order valence-electron chi connectivity index (χ1n) is 7.19. The zero-order valence-corrected chi connectivity index (χ0v) is 15.3. The van der Waals surface area contributed by atoms with Crippen molar-refractivity contribution in [2.45, 2.75) is 12.6 Å². The monoisotopic (exact) mass is 414 g/mol. The summed E-state index contributed by atoms with van der Waals surface area (Å²) in [5.74, 6) is 0.0695. The van der Waals surface area contributed by atoms with Crippen molar-refractivity contribution in [1.29, 1.82) is 0 Å². The summed E-state index contributed by atoms with van der Waals surface area (Å²) in [5.41, 5.74) is 6.84. The van der Waals surface area contributed by atoms with E-state index in [9.17, 15) is 9.90 Å². The second-order valence-corrected chi connectivity index (χ2v) is 5.98. The Bertz CT molecular complexity index is 656. The summed E-state index contributed by atoms with van der Waals surface area (Å²) in [6.07, 6.45) is -0.585. The zero-order chi connectivity index (χ0) is 16.7. The molecule has 0 heterocycles. The van der Waals surface area contributed by atoms with E-state index in [4.69, 9.17) is 10.5 Å². The van der Waals surface area contributed by atoms with Gasteiger partial charge in [-0.15, -0.1) is 12.4 Å². The van der Waals surface area contributed by atoms with Crippen LogP contribution in [0.1, 0.15) is 17.2 Å². The average Bonchev–Trinajstić information content (AvgIpc) is 2.54. The lowest BCUT2D eigenvalue weighted by atomic mass is 10.1. The van der Waals surface area contributed by atoms with Crippen molar-refractivity contribution in [2.75, 3.05) is 13.2 Å². The molecule has 24 heavy (non-hydrogen) atoms. The number of benzene rings is 2. The number of carbonyl (C=O) groups excluding carboxylic acids is 1. The third kappa shape index (κ3) is 6.49. The minimum atomic E-state index is -0.585. The van der Waals surface area contributed by atoms with E-state index < -0.39 is 12.0 Å². The number of nitrogens with two attached hydrogens (primary N) is 1. The fourth-order valence-corrected chi connectivity index (χ4v) is 2.52. The lowest BCUT2D eigenvalue weighted by molar-refractivity contribution is -0.119. The molecule has 0 aliphatic heterocycles. The van der Waals surface area contributed by atoms with Gasteiger partial charge in [-0.25, -0.2) is 0 Å². The Kier molecular flexibility index (Phi) is 8.78. The summed E-state index contributed by atoms with van der Waals surface area (Å²) in [4.78, 5) is 10.9. The first-order chi connectivity index (χ1) is 11.1. The molecule has 0 fully saturated rings. The number of ether oxygens (including phenoxy) is 1.